The van der Waals surface area contributed by atoms with Gasteiger partial charge in [0.2, 0.25) is 0 Å². The normalized spacial score (nSPS) is 14.8. The number of carbonyl (C=O) groups is 1. The van der Waals surface area contributed by atoms with E-state index in [9.17, 15) is 18.3 Å². The highest BCUT2D eigenvalue weighted by atomic mass is 32.2. The van der Waals surface area contributed by atoms with Gasteiger partial charge in [0.15, 0.2) is 0 Å². The van der Waals surface area contributed by atoms with Gasteiger partial charge in [-0.2, -0.15) is 8.42 Å². The molecule has 1 aromatic heterocycles. The highest BCUT2D eigenvalue weighted by Crippen LogP contribution is 2.24. The molecule has 3 N–H and O–H groups in total. The maximum absolute atomic E-state index is 11.4. The molecule has 1 aliphatic heterocycles. The zero-order valence-corrected chi connectivity index (χ0v) is 14.0. The lowest BCUT2D eigenvalue weighted by atomic mass is 10.1. The van der Waals surface area contributed by atoms with Crippen LogP contribution in [-0.4, -0.2) is 61.5 Å². The molecule has 0 aliphatic carbocycles. The molecule has 0 radical (unpaired) electrons. The highest BCUT2D eigenvalue weighted by molar-refractivity contribution is 7.85. The second kappa shape index (κ2) is 7.56. The Morgan fingerprint density at radius 2 is 1.83 bits per heavy atom. The lowest BCUT2D eigenvalue weighted by Crippen LogP contribution is -2.44. The second-order valence-corrected chi connectivity index (χ2v) is 6.79. The zero-order valence-electron chi connectivity index (χ0n) is 13.1. The van der Waals surface area contributed by atoms with E-state index in [1.54, 1.807) is 6.07 Å². The fourth-order valence-corrected chi connectivity index (χ4v) is 2.38. The van der Waals surface area contributed by atoms with Gasteiger partial charge >= 0.3 is 5.97 Å². The third-order valence-electron chi connectivity index (χ3n) is 3.35. The van der Waals surface area contributed by atoms with Crippen molar-refractivity contribution in [2.75, 3.05) is 37.3 Å². The highest BCUT2D eigenvalue weighted by Gasteiger charge is 2.20. The number of piperazine rings is 1. The fourth-order valence-electron chi connectivity index (χ4n) is 2.38. The molecule has 130 valence electrons. The quantitative estimate of drug-likeness (QED) is 0.680. The van der Waals surface area contributed by atoms with Crippen molar-refractivity contribution in [3.05, 3.63) is 35.9 Å². The van der Waals surface area contributed by atoms with Gasteiger partial charge in [-0.1, -0.05) is 18.2 Å². The predicted octanol–water partition coefficient (Wildman–Crippen LogP) is 0.847. The van der Waals surface area contributed by atoms with Crippen molar-refractivity contribution in [1.29, 1.82) is 0 Å². The minimum atomic E-state index is -3.67. The van der Waals surface area contributed by atoms with Crippen LogP contribution in [0.15, 0.2) is 30.3 Å². The molecular weight excluding hydrogens is 334 g/mol. The number of carboxylic acids is 1. The van der Waals surface area contributed by atoms with Crippen LogP contribution in [0.2, 0.25) is 0 Å². The van der Waals surface area contributed by atoms with Gasteiger partial charge in [0.1, 0.15) is 11.4 Å². The Morgan fingerprint density at radius 1 is 1.25 bits per heavy atom. The first kappa shape index (κ1) is 18.1. The van der Waals surface area contributed by atoms with Crippen molar-refractivity contribution in [2.24, 2.45) is 0 Å². The number of hydrogen-bond acceptors (Lipinski definition) is 6. The second-order valence-electron chi connectivity index (χ2n) is 5.33. The summed E-state index contributed by atoms with van der Waals surface area (Å²) in [5.41, 5.74) is 1.11. The van der Waals surface area contributed by atoms with Crippen molar-refractivity contribution in [3.8, 4) is 0 Å². The monoisotopic (exact) mass is 353 g/mol. The van der Waals surface area contributed by atoms with E-state index in [0.717, 1.165) is 37.1 Å². The topological polar surface area (TPSA) is 120 Å². The largest absolute Gasteiger partial charge is 0.478 e. The molecule has 24 heavy (non-hydrogen) atoms. The van der Waals surface area contributed by atoms with Crippen LogP contribution in [0, 0.1) is 0 Å². The summed E-state index contributed by atoms with van der Waals surface area (Å²) < 4.78 is 25.9. The molecular formula is C15H19N3O5S. The number of nitrogens with zero attached hydrogens (tertiary/aromatic N) is 2. The molecule has 2 aromatic rings. The molecule has 1 aliphatic rings. The number of nitrogens with one attached hydrogen (secondary N) is 1. The average Bonchev–Trinajstić information content (AvgIpc) is 2.53. The van der Waals surface area contributed by atoms with Crippen LogP contribution in [0.4, 0.5) is 5.82 Å². The van der Waals surface area contributed by atoms with E-state index >= 15 is 0 Å². The Bertz CT molecular complexity index is 824. The van der Waals surface area contributed by atoms with E-state index in [4.69, 9.17) is 4.55 Å². The number of carboxylic acid groups (broad SMARTS) is 1. The van der Waals surface area contributed by atoms with Crippen molar-refractivity contribution >= 4 is 32.8 Å². The summed E-state index contributed by atoms with van der Waals surface area (Å²) in [5.74, 6) is -0.348. The predicted molar refractivity (Wildman–Crippen MR) is 91.3 cm³/mol. The number of anilines is 1. The number of aromatic carboxylic acids is 1. The summed E-state index contributed by atoms with van der Waals surface area (Å²) >= 11 is 0. The number of para-hydroxylation sites is 1. The van der Waals surface area contributed by atoms with Crippen molar-refractivity contribution in [2.45, 2.75) is 0 Å². The summed E-state index contributed by atoms with van der Waals surface area (Å²) in [6.07, 6.45) is 0.715. The zero-order chi connectivity index (χ0) is 17.7. The molecule has 0 unspecified atom stereocenters. The van der Waals surface area contributed by atoms with Gasteiger partial charge < -0.3 is 15.3 Å². The summed E-state index contributed by atoms with van der Waals surface area (Å²) in [6.45, 7) is 3.28. The minimum Gasteiger partial charge on any atom is -0.478 e. The molecule has 0 bridgehead atoms. The van der Waals surface area contributed by atoms with Crippen LogP contribution in [0.1, 0.15) is 10.4 Å². The Hall–Kier alpha value is -2.23. The molecule has 0 spiro atoms. The Labute approximate surface area is 139 Å². The van der Waals surface area contributed by atoms with Crippen molar-refractivity contribution in [3.63, 3.8) is 0 Å². The lowest BCUT2D eigenvalue weighted by molar-refractivity contribution is 0.0697. The standard InChI is InChI=1S/C14H15N3O2.CH4O3S/c18-14(19)11-9-10-3-1-2-4-12(10)16-13(11)17-7-5-15-6-8-17;1-5(2,3)4/h1-4,9,15H,5-8H2,(H,18,19);1H3,(H,2,3,4). The molecule has 1 aromatic carbocycles. The van der Waals surface area contributed by atoms with Crippen LogP contribution in [0.3, 0.4) is 0 Å². The molecule has 3 rings (SSSR count). The van der Waals surface area contributed by atoms with Gasteiger partial charge in [0, 0.05) is 31.6 Å². The van der Waals surface area contributed by atoms with Crippen LogP contribution < -0.4 is 10.2 Å². The van der Waals surface area contributed by atoms with Crippen LogP contribution in [-0.2, 0) is 10.1 Å². The van der Waals surface area contributed by atoms with Gasteiger partial charge in [0.05, 0.1) is 11.8 Å². The van der Waals surface area contributed by atoms with E-state index in [1.807, 2.05) is 29.2 Å². The minimum absolute atomic E-state index is 0.278. The van der Waals surface area contributed by atoms with Crippen LogP contribution in [0.5, 0.6) is 0 Å². The molecule has 8 nitrogen and oxygen atoms in total. The summed E-state index contributed by atoms with van der Waals surface area (Å²) in [5, 5.41) is 13.5. The SMILES string of the molecule is CS(=O)(=O)O.O=C(O)c1cc2ccccc2nc1N1CCNCC1. The Balaban J connectivity index is 0.000000368. The van der Waals surface area contributed by atoms with E-state index in [0.29, 0.717) is 12.1 Å². The number of fused-ring (bicyclic) bond motifs is 1. The number of aromatic nitrogens is 1. The number of pyridine rings is 1. The van der Waals surface area contributed by atoms with Gasteiger partial charge in [-0.05, 0) is 12.1 Å². The first-order valence-corrected chi connectivity index (χ1v) is 9.12. The van der Waals surface area contributed by atoms with Crippen LogP contribution in [0.25, 0.3) is 10.9 Å². The third kappa shape index (κ3) is 5.15. The van der Waals surface area contributed by atoms with E-state index in [1.165, 1.54) is 0 Å². The molecule has 0 atom stereocenters. The van der Waals surface area contributed by atoms with Gasteiger partial charge in [0.25, 0.3) is 10.1 Å². The number of hydrogen-bond donors (Lipinski definition) is 3. The van der Waals surface area contributed by atoms with Crippen LogP contribution >= 0.6 is 0 Å². The first-order chi connectivity index (χ1) is 11.3. The molecule has 0 saturated carbocycles. The molecule has 1 fully saturated rings. The van der Waals surface area contributed by atoms with E-state index in [-0.39, 0.29) is 5.56 Å². The molecule has 0 amide bonds. The summed E-state index contributed by atoms with van der Waals surface area (Å²) in [4.78, 5) is 18.0. The van der Waals surface area contributed by atoms with Gasteiger partial charge in [-0.25, -0.2) is 9.78 Å². The van der Waals surface area contributed by atoms with E-state index in [2.05, 4.69) is 10.3 Å². The summed E-state index contributed by atoms with van der Waals surface area (Å²) in [6, 6.07) is 9.31. The van der Waals surface area contributed by atoms with Gasteiger partial charge in [-0.15, -0.1) is 0 Å². The Kier molecular flexibility index (Phi) is 5.71. The Morgan fingerprint density at radius 3 is 2.42 bits per heavy atom. The van der Waals surface area contributed by atoms with Crippen molar-refractivity contribution in [1.82, 2.24) is 10.3 Å². The number of rotatable bonds is 2. The lowest BCUT2D eigenvalue weighted by Gasteiger charge is -2.29. The number of benzene rings is 1. The average molecular weight is 353 g/mol. The van der Waals surface area contributed by atoms with Crippen molar-refractivity contribution < 1.29 is 22.9 Å². The molecule has 2 heterocycles. The molecule has 9 heteroatoms. The smallest absolute Gasteiger partial charge is 0.339 e. The third-order valence-corrected chi connectivity index (χ3v) is 3.35. The maximum atomic E-state index is 11.4. The van der Waals surface area contributed by atoms with E-state index < -0.39 is 16.1 Å². The molecule has 1 saturated heterocycles. The maximum Gasteiger partial charge on any atom is 0.339 e. The van der Waals surface area contributed by atoms with Gasteiger partial charge in [-0.3, -0.25) is 4.55 Å². The fraction of sp³-hybridized carbons (Fsp3) is 0.333. The summed E-state index contributed by atoms with van der Waals surface area (Å²) in [7, 11) is -3.67. The first-order valence-electron chi connectivity index (χ1n) is 7.27.